The number of rotatable bonds is 3. The summed E-state index contributed by atoms with van der Waals surface area (Å²) in [5.41, 5.74) is 11.2. The average Bonchev–Trinajstić information content (AvgIpc) is 2.70. The Balaban J connectivity index is 1.87. The van der Waals surface area contributed by atoms with Gasteiger partial charge >= 0.3 is 0 Å². The Labute approximate surface area is 135 Å². The first-order valence-corrected chi connectivity index (χ1v) is 8.37. The predicted molar refractivity (Wildman–Crippen MR) is 92.7 cm³/mol. The second-order valence-corrected chi connectivity index (χ2v) is 6.47. The maximum Gasteiger partial charge on any atom is 0.0513 e. The SMILES string of the molecule is NCCc1ccc(N2CCCc3ccccc3C2)c(Br)c1. The fourth-order valence-electron chi connectivity index (χ4n) is 3.04. The van der Waals surface area contributed by atoms with E-state index in [2.05, 4.69) is 63.3 Å². The molecular weight excluding hydrogens is 324 g/mol. The Kier molecular flexibility index (Phi) is 4.61. The second-order valence-electron chi connectivity index (χ2n) is 5.62. The molecule has 0 radical (unpaired) electrons. The van der Waals surface area contributed by atoms with Crippen LogP contribution in [0.25, 0.3) is 0 Å². The van der Waals surface area contributed by atoms with Gasteiger partial charge in [0.1, 0.15) is 0 Å². The van der Waals surface area contributed by atoms with E-state index >= 15 is 0 Å². The summed E-state index contributed by atoms with van der Waals surface area (Å²) in [5.74, 6) is 0. The fourth-order valence-corrected chi connectivity index (χ4v) is 3.71. The molecule has 2 N–H and O–H groups in total. The van der Waals surface area contributed by atoms with Crippen LogP contribution < -0.4 is 10.6 Å². The maximum absolute atomic E-state index is 5.64. The molecule has 2 aromatic carbocycles. The van der Waals surface area contributed by atoms with Crippen molar-refractivity contribution in [3.63, 3.8) is 0 Å². The van der Waals surface area contributed by atoms with Crippen LogP contribution >= 0.6 is 15.9 Å². The summed E-state index contributed by atoms with van der Waals surface area (Å²) < 4.78 is 1.17. The van der Waals surface area contributed by atoms with E-state index < -0.39 is 0 Å². The molecule has 1 aliphatic heterocycles. The highest BCUT2D eigenvalue weighted by molar-refractivity contribution is 9.10. The lowest BCUT2D eigenvalue weighted by Gasteiger charge is -2.25. The Morgan fingerprint density at radius 3 is 2.67 bits per heavy atom. The molecule has 0 unspecified atom stereocenters. The number of hydrogen-bond donors (Lipinski definition) is 1. The molecule has 3 rings (SSSR count). The number of aryl methyl sites for hydroxylation is 1. The quantitative estimate of drug-likeness (QED) is 0.914. The summed E-state index contributed by atoms with van der Waals surface area (Å²) >= 11 is 3.74. The third kappa shape index (κ3) is 3.30. The number of benzene rings is 2. The zero-order chi connectivity index (χ0) is 14.7. The first-order chi connectivity index (χ1) is 10.3. The molecule has 0 bridgehead atoms. The van der Waals surface area contributed by atoms with Crippen molar-refractivity contribution in [2.75, 3.05) is 18.0 Å². The summed E-state index contributed by atoms with van der Waals surface area (Å²) in [6, 6.07) is 15.4. The van der Waals surface area contributed by atoms with Crippen LogP contribution in [0, 0.1) is 0 Å². The van der Waals surface area contributed by atoms with Gasteiger partial charge in [0.2, 0.25) is 0 Å². The van der Waals surface area contributed by atoms with Crippen molar-refractivity contribution in [3.05, 3.63) is 63.6 Å². The summed E-state index contributed by atoms with van der Waals surface area (Å²) in [4.78, 5) is 2.47. The highest BCUT2D eigenvalue weighted by Gasteiger charge is 2.16. The van der Waals surface area contributed by atoms with Gasteiger partial charge in [-0.05, 0) is 70.6 Å². The summed E-state index contributed by atoms with van der Waals surface area (Å²) in [7, 11) is 0. The van der Waals surface area contributed by atoms with Gasteiger partial charge in [0.05, 0.1) is 5.69 Å². The van der Waals surface area contributed by atoms with Crippen LogP contribution in [0.15, 0.2) is 46.9 Å². The molecule has 2 aromatic rings. The third-order valence-electron chi connectivity index (χ3n) is 4.14. The maximum atomic E-state index is 5.64. The Morgan fingerprint density at radius 2 is 1.90 bits per heavy atom. The normalized spacial score (nSPS) is 14.7. The average molecular weight is 345 g/mol. The standard InChI is InChI=1S/C18H21BrN2/c19-17-12-14(9-10-20)7-8-18(17)21-11-3-6-15-4-1-2-5-16(15)13-21/h1-2,4-5,7-8,12H,3,6,9-11,13,20H2. The van der Waals surface area contributed by atoms with Gasteiger partial charge in [-0.1, -0.05) is 30.3 Å². The van der Waals surface area contributed by atoms with E-state index in [0.29, 0.717) is 6.54 Å². The van der Waals surface area contributed by atoms with E-state index in [0.717, 1.165) is 19.5 Å². The Bertz CT molecular complexity index is 624. The smallest absolute Gasteiger partial charge is 0.0513 e. The van der Waals surface area contributed by atoms with Crippen molar-refractivity contribution < 1.29 is 0 Å². The van der Waals surface area contributed by atoms with Gasteiger partial charge in [0.25, 0.3) is 0 Å². The number of hydrogen-bond acceptors (Lipinski definition) is 2. The first kappa shape index (κ1) is 14.6. The number of nitrogens with zero attached hydrogens (tertiary/aromatic N) is 1. The van der Waals surface area contributed by atoms with Crippen LogP contribution in [0.5, 0.6) is 0 Å². The van der Waals surface area contributed by atoms with Gasteiger partial charge in [-0.2, -0.15) is 0 Å². The molecule has 2 nitrogen and oxygen atoms in total. The number of anilines is 1. The topological polar surface area (TPSA) is 29.3 Å². The molecule has 1 aliphatic rings. The zero-order valence-electron chi connectivity index (χ0n) is 12.2. The van der Waals surface area contributed by atoms with Crippen LogP contribution in [0.4, 0.5) is 5.69 Å². The molecule has 1 heterocycles. The van der Waals surface area contributed by atoms with E-state index in [4.69, 9.17) is 5.73 Å². The molecule has 0 spiro atoms. The van der Waals surface area contributed by atoms with Crippen LogP contribution in [0.3, 0.4) is 0 Å². The molecule has 0 saturated heterocycles. The number of fused-ring (bicyclic) bond motifs is 1. The Hall–Kier alpha value is -1.32. The van der Waals surface area contributed by atoms with Gasteiger partial charge < -0.3 is 10.6 Å². The fraction of sp³-hybridized carbons (Fsp3) is 0.333. The van der Waals surface area contributed by atoms with Gasteiger partial charge in [0, 0.05) is 17.6 Å². The zero-order valence-corrected chi connectivity index (χ0v) is 13.8. The van der Waals surface area contributed by atoms with E-state index in [-0.39, 0.29) is 0 Å². The van der Waals surface area contributed by atoms with Crippen molar-refractivity contribution in [2.45, 2.75) is 25.8 Å². The van der Waals surface area contributed by atoms with Crippen molar-refractivity contribution in [1.29, 1.82) is 0 Å². The van der Waals surface area contributed by atoms with Crippen LogP contribution in [0.1, 0.15) is 23.1 Å². The molecule has 3 heteroatoms. The van der Waals surface area contributed by atoms with E-state index in [1.807, 2.05) is 0 Å². The molecular formula is C18H21BrN2. The molecule has 0 aromatic heterocycles. The third-order valence-corrected chi connectivity index (χ3v) is 4.77. The lowest BCUT2D eigenvalue weighted by atomic mass is 10.0. The summed E-state index contributed by atoms with van der Waals surface area (Å²) in [6.07, 6.45) is 3.31. The van der Waals surface area contributed by atoms with Gasteiger partial charge in [0.15, 0.2) is 0 Å². The van der Waals surface area contributed by atoms with Crippen molar-refractivity contribution in [3.8, 4) is 0 Å². The van der Waals surface area contributed by atoms with Crippen LogP contribution in [-0.4, -0.2) is 13.1 Å². The van der Waals surface area contributed by atoms with E-state index in [9.17, 15) is 0 Å². The molecule has 0 fully saturated rings. The summed E-state index contributed by atoms with van der Waals surface area (Å²) in [5, 5.41) is 0. The minimum atomic E-state index is 0.697. The first-order valence-electron chi connectivity index (χ1n) is 7.58. The number of halogens is 1. The van der Waals surface area contributed by atoms with Crippen molar-refractivity contribution in [1.82, 2.24) is 0 Å². The van der Waals surface area contributed by atoms with E-state index in [1.54, 1.807) is 0 Å². The lowest BCUT2D eigenvalue weighted by molar-refractivity contribution is 0.764. The minimum Gasteiger partial charge on any atom is -0.366 e. The molecule has 0 saturated carbocycles. The Morgan fingerprint density at radius 1 is 1.10 bits per heavy atom. The highest BCUT2D eigenvalue weighted by atomic mass is 79.9. The molecule has 110 valence electrons. The minimum absolute atomic E-state index is 0.697. The number of nitrogens with two attached hydrogens (primary N) is 1. The summed E-state index contributed by atoms with van der Waals surface area (Å²) in [6.45, 7) is 2.79. The van der Waals surface area contributed by atoms with Crippen molar-refractivity contribution >= 4 is 21.6 Å². The monoisotopic (exact) mass is 344 g/mol. The van der Waals surface area contributed by atoms with Crippen LogP contribution in [-0.2, 0) is 19.4 Å². The van der Waals surface area contributed by atoms with Crippen LogP contribution in [0.2, 0.25) is 0 Å². The largest absolute Gasteiger partial charge is 0.366 e. The molecule has 0 aliphatic carbocycles. The van der Waals surface area contributed by atoms with Gasteiger partial charge in [-0.15, -0.1) is 0 Å². The van der Waals surface area contributed by atoms with E-state index in [1.165, 1.54) is 39.7 Å². The van der Waals surface area contributed by atoms with Crippen molar-refractivity contribution in [2.24, 2.45) is 5.73 Å². The predicted octanol–water partition coefficient (Wildman–Crippen LogP) is 3.90. The second kappa shape index (κ2) is 6.63. The lowest BCUT2D eigenvalue weighted by Crippen LogP contribution is -2.23. The molecule has 21 heavy (non-hydrogen) atoms. The highest BCUT2D eigenvalue weighted by Crippen LogP contribution is 2.31. The van der Waals surface area contributed by atoms with Gasteiger partial charge in [-0.3, -0.25) is 0 Å². The van der Waals surface area contributed by atoms with Gasteiger partial charge in [-0.25, -0.2) is 0 Å². The molecule has 0 atom stereocenters. The molecule has 0 amide bonds.